The zero-order valence-corrected chi connectivity index (χ0v) is 8.09. The van der Waals surface area contributed by atoms with Gasteiger partial charge in [-0.3, -0.25) is 9.97 Å². The van der Waals surface area contributed by atoms with Gasteiger partial charge >= 0.3 is 5.97 Å². The van der Waals surface area contributed by atoms with Crippen molar-refractivity contribution >= 4 is 5.97 Å². The molecule has 2 aromatic heterocycles. The van der Waals surface area contributed by atoms with Gasteiger partial charge in [-0.2, -0.15) is 0 Å². The number of halogens is 1. The van der Waals surface area contributed by atoms with E-state index in [-0.39, 0.29) is 5.69 Å². The van der Waals surface area contributed by atoms with Gasteiger partial charge in [0.25, 0.3) is 0 Å². The first kappa shape index (κ1) is 10.2. The third-order valence-corrected chi connectivity index (χ3v) is 2.05. The average molecular weight is 218 g/mol. The molecule has 4 nitrogen and oxygen atoms in total. The Kier molecular flexibility index (Phi) is 2.59. The van der Waals surface area contributed by atoms with Crippen LogP contribution >= 0.6 is 0 Å². The predicted octanol–water partition coefficient (Wildman–Crippen LogP) is 1.98. The fraction of sp³-hybridized carbons (Fsp3) is 0. The van der Waals surface area contributed by atoms with Crippen LogP contribution in [0.25, 0.3) is 11.3 Å². The first-order chi connectivity index (χ1) is 7.70. The van der Waals surface area contributed by atoms with E-state index in [1.54, 1.807) is 18.3 Å². The van der Waals surface area contributed by atoms with E-state index in [9.17, 15) is 9.18 Å². The molecule has 80 valence electrons. The van der Waals surface area contributed by atoms with Gasteiger partial charge in [-0.25, -0.2) is 9.18 Å². The third kappa shape index (κ3) is 1.75. The molecule has 0 aliphatic carbocycles. The second-order valence-corrected chi connectivity index (χ2v) is 3.07. The molecule has 5 heteroatoms. The molecule has 0 unspecified atom stereocenters. The lowest BCUT2D eigenvalue weighted by molar-refractivity contribution is 0.0692. The maximum absolute atomic E-state index is 13.7. The number of carboxylic acids is 1. The Morgan fingerprint density at radius 3 is 2.75 bits per heavy atom. The van der Waals surface area contributed by atoms with Crippen LogP contribution < -0.4 is 0 Å². The number of hydrogen-bond acceptors (Lipinski definition) is 3. The minimum atomic E-state index is -1.31. The fourth-order valence-corrected chi connectivity index (χ4v) is 1.31. The number of hydrogen-bond donors (Lipinski definition) is 1. The lowest BCUT2D eigenvalue weighted by Crippen LogP contribution is -2.03. The highest BCUT2D eigenvalue weighted by molar-refractivity contribution is 5.89. The molecule has 1 N–H and O–H groups in total. The highest BCUT2D eigenvalue weighted by atomic mass is 19.1. The van der Waals surface area contributed by atoms with Crippen LogP contribution in [0.15, 0.2) is 36.8 Å². The first-order valence-corrected chi connectivity index (χ1v) is 4.48. The van der Waals surface area contributed by atoms with Gasteiger partial charge in [0, 0.05) is 24.2 Å². The van der Waals surface area contributed by atoms with E-state index in [2.05, 4.69) is 9.97 Å². The summed E-state index contributed by atoms with van der Waals surface area (Å²) in [6, 6.07) is 4.37. The quantitative estimate of drug-likeness (QED) is 0.837. The van der Waals surface area contributed by atoms with E-state index in [0.29, 0.717) is 5.56 Å². The Morgan fingerprint density at radius 2 is 2.12 bits per heavy atom. The fourth-order valence-electron chi connectivity index (χ4n) is 1.31. The number of aromatic nitrogens is 2. The predicted molar refractivity (Wildman–Crippen MR) is 54.4 cm³/mol. The molecular weight excluding hydrogens is 211 g/mol. The number of aromatic carboxylic acids is 1. The molecule has 0 radical (unpaired) electrons. The van der Waals surface area contributed by atoms with Crippen molar-refractivity contribution in [1.82, 2.24) is 9.97 Å². The van der Waals surface area contributed by atoms with Crippen LogP contribution in [0.2, 0.25) is 0 Å². The maximum atomic E-state index is 13.7. The molecule has 0 fully saturated rings. The summed E-state index contributed by atoms with van der Waals surface area (Å²) in [5.41, 5.74) is 0.0463. The number of carboxylic acid groups (broad SMARTS) is 1. The van der Waals surface area contributed by atoms with E-state index < -0.39 is 17.3 Å². The van der Waals surface area contributed by atoms with Crippen LogP contribution in [-0.4, -0.2) is 21.0 Å². The SMILES string of the molecule is O=C(O)c1ccnc(-c2cccnc2)c1F. The number of pyridine rings is 2. The molecule has 0 aliphatic rings. The Balaban J connectivity index is 2.59. The Bertz CT molecular complexity index is 529. The topological polar surface area (TPSA) is 63.1 Å². The molecular formula is C11H7FN2O2. The van der Waals surface area contributed by atoms with Crippen molar-refractivity contribution < 1.29 is 14.3 Å². The van der Waals surface area contributed by atoms with Crippen molar-refractivity contribution in [2.24, 2.45) is 0 Å². The number of nitrogens with zero attached hydrogens (tertiary/aromatic N) is 2. The van der Waals surface area contributed by atoms with E-state index in [1.807, 2.05) is 0 Å². The normalized spacial score (nSPS) is 10.1. The van der Waals surface area contributed by atoms with Gasteiger partial charge in [-0.15, -0.1) is 0 Å². The molecule has 0 bridgehead atoms. The zero-order valence-electron chi connectivity index (χ0n) is 8.09. The van der Waals surface area contributed by atoms with Crippen molar-refractivity contribution in [2.75, 3.05) is 0 Å². The zero-order chi connectivity index (χ0) is 11.5. The van der Waals surface area contributed by atoms with Crippen LogP contribution in [0.1, 0.15) is 10.4 Å². The minimum Gasteiger partial charge on any atom is -0.478 e. The largest absolute Gasteiger partial charge is 0.478 e. The summed E-state index contributed by atoms with van der Waals surface area (Å²) in [5.74, 6) is -2.16. The van der Waals surface area contributed by atoms with E-state index in [0.717, 1.165) is 6.07 Å². The molecule has 16 heavy (non-hydrogen) atoms. The van der Waals surface area contributed by atoms with Gasteiger partial charge in [0.1, 0.15) is 5.69 Å². The summed E-state index contributed by atoms with van der Waals surface area (Å²) in [6.07, 6.45) is 4.23. The van der Waals surface area contributed by atoms with Crippen LogP contribution in [-0.2, 0) is 0 Å². The molecule has 0 atom stereocenters. The molecule has 0 aliphatic heterocycles. The van der Waals surface area contributed by atoms with Crippen LogP contribution in [0.3, 0.4) is 0 Å². The summed E-state index contributed by atoms with van der Waals surface area (Å²) in [6.45, 7) is 0. The van der Waals surface area contributed by atoms with Crippen molar-refractivity contribution in [1.29, 1.82) is 0 Å². The van der Waals surface area contributed by atoms with Crippen LogP contribution in [0.4, 0.5) is 4.39 Å². The van der Waals surface area contributed by atoms with Gasteiger partial charge < -0.3 is 5.11 Å². The molecule has 0 amide bonds. The van der Waals surface area contributed by atoms with E-state index in [1.165, 1.54) is 12.4 Å². The van der Waals surface area contributed by atoms with Gasteiger partial charge in [-0.05, 0) is 18.2 Å². The summed E-state index contributed by atoms with van der Waals surface area (Å²) >= 11 is 0. The Labute approximate surface area is 90.4 Å². The third-order valence-electron chi connectivity index (χ3n) is 2.05. The number of rotatable bonds is 2. The standard InChI is InChI=1S/C11H7FN2O2/c12-9-8(11(15)16)3-5-14-10(9)7-2-1-4-13-6-7/h1-6H,(H,15,16). The van der Waals surface area contributed by atoms with Gasteiger partial charge in [0.2, 0.25) is 0 Å². The summed E-state index contributed by atoms with van der Waals surface area (Å²) in [5, 5.41) is 8.75. The summed E-state index contributed by atoms with van der Waals surface area (Å²) in [7, 11) is 0. The molecule has 2 aromatic rings. The average Bonchev–Trinajstić information content (AvgIpc) is 2.30. The highest BCUT2D eigenvalue weighted by Crippen LogP contribution is 2.21. The van der Waals surface area contributed by atoms with Gasteiger partial charge in [0.15, 0.2) is 5.82 Å². The van der Waals surface area contributed by atoms with Crippen molar-refractivity contribution in [3.05, 3.63) is 48.2 Å². The first-order valence-electron chi connectivity index (χ1n) is 4.48. The summed E-state index contributed by atoms with van der Waals surface area (Å²) < 4.78 is 13.7. The van der Waals surface area contributed by atoms with Gasteiger partial charge in [0.05, 0.1) is 5.56 Å². The maximum Gasteiger partial charge on any atom is 0.338 e. The molecule has 0 saturated carbocycles. The molecule has 0 spiro atoms. The minimum absolute atomic E-state index is 0.00648. The molecule has 2 rings (SSSR count). The van der Waals surface area contributed by atoms with Crippen molar-refractivity contribution in [2.45, 2.75) is 0 Å². The monoisotopic (exact) mass is 218 g/mol. The molecule has 2 heterocycles. The lowest BCUT2D eigenvalue weighted by Gasteiger charge is -2.03. The van der Waals surface area contributed by atoms with Gasteiger partial charge in [-0.1, -0.05) is 0 Å². The molecule has 0 saturated heterocycles. The highest BCUT2D eigenvalue weighted by Gasteiger charge is 2.15. The van der Waals surface area contributed by atoms with E-state index >= 15 is 0 Å². The van der Waals surface area contributed by atoms with Crippen molar-refractivity contribution in [3.63, 3.8) is 0 Å². The Hall–Kier alpha value is -2.30. The smallest absolute Gasteiger partial charge is 0.338 e. The second kappa shape index (κ2) is 4.06. The Morgan fingerprint density at radius 1 is 1.31 bits per heavy atom. The van der Waals surface area contributed by atoms with Crippen LogP contribution in [0.5, 0.6) is 0 Å². The second-order valence-electron chi connectivity index (χ2n) is 3.07. The van der Waals surface area contributed by atoms with Crippen LogP contribution in [0, 0.1) is 5.82 Å². The molecule has 0 aromatic carbocycles. The van der Waals surface area contributed by atoms with E-state index in [4.69, 9.17) is 5.11 Å². The summed E-state index contributed by atoms with van der Waals surface area (Å²) in [4.78, 5) is 18.4. The number of carbonyl (C=O) groups is 1. The lowest BCUT2D eigenvalue weighted by atomic mass is 10.1. The van der Waals surface area contributed by atoms with Crippen molar-refractivity contribution in [3.8, 4) is 11.3 Å².